The van der Waals surface area contributed by atoms with Gasteiger partial charge in [-0.3, -0.25) is 0 Å². The largest absolute Gasteiger partial charge is 0.478 e. The lowest BCUT2D eigenvalue weighted by molar-refractivity contribution is 0.0696. The molecule has 1 aromatic rings. The van der Waals surface area contributed by atoms with Gasteiger partial charge in [-0.25, -0.2) is 9.78 Å². The second-order valence-electron chi connectivity index (χ2n) is 5.33. The Labute approximate surface area is 108 Å². The van der Waals surface area contributed by atoms with Gasteiger partial charge in [-0.2, -0.15) is 0 Å². The molecule has 0 radical (unpaired) electrons. The van der Waals surface area contributed by atoms with Gasteiger partial charge in [0, 0.05) is 18.3 Å². The van der Waals surface area contributed by atoms with E-state index in [2.05, 4.69) is 23.7 Å². The zero-order valence-electron chi connectivity index (χ0n) is 11.2. The quantitative estimate of drug-likeness (QED) is 0.874. The second kappa shape index (κ2) is 4.96. The van der Waals surface area contributed by atoms with Gasteiger partial charge >= 0.3 is 5.97 Å². The number of rotatable bonds is 2. The molecule has 2 atom stereocenters. The molecule has 1 saturated heterocycles. The maximum atomic E-state index is 11.1. The van der Waals surface area contributed by atoms with Gasteiger partial charge in [-0.15, -0.1) is 0 Å². The first-order valence-electron chi connectivity index (χ1n) is 6.46. The van der Waals surface area contributed by atoms with Crippen LogP contribution in [-0.2, 0) is 0 Å². The van der Waals surface area contributed by atoms with E-state index in [9.17, 15) is 4.79 Å². The molecule has 2 heterocycles. The Bertz CT molecular complexity index is 459. The molecule has 0 bridgehead atoms. The van der Waals surface area contributed by atoms with Crippen LogP contribution in [0.4, 0.5) is 5.82 Å². The molecule has 2 rings (SSSR count). The lowest BCUT2D eigenvalue weighted by atomic mass is 9.93. The van der Waals surface area contributed by atoms with Crippen LogP contribution in [0.2, 0.25) is 0 Å². The molecule has 0 aromatic carbocycles. The standard InChI is InChI=1S/C14H20N2O2/c1-9-4-5-16(11(3)6-9)13-8-12(14(17)18)7-10(2)15-13/h7-9,11H,4-6H2,1-3H3,(H,17,18). The van der Waals surface area contributed by atoms with Crippen LogP contribution in [-0.4, -0.2) is 28.6 Å². The summed E-state index contributed by atoms with van der Waals surface area (Å²) >= 11 is 0. The highest BCUT2D eigenvalue weighted by Crippen LogP contribution is 2.27. The van der Waals surface area contributed by atoms with Crippen molar-refractivity contribution in [1.29, 1.82) is 0 Å². The van der Waals surface area contributed by atoms with Gasteiger partial charge in [0.1, 0.15) is 5.82 Å². The van der Waals surface area contributed by atoms with E-state index >= 15 is 0 Å². The first-order chi connectivity index (χ1) is 8.47. The normalized spacial score (nSPS) is 24.1. The first kappa shape index (κ1) is 12.9. The summed E-state index contributed by atoms with van der Waals surface area (Å²) in [7, 11) is 0. The average Bonchev–Trinajstić information content (AvgIpc) is 2.27. The third-order valence-electron chi connectivity index (χ3n) is 3.62. The predicted octanol–water partition coefficient (Wildman–Crippen LogP) is 2.71. The second-order valence-corrected chi connectivity index (χ2v) is 5.33. The van der Waals surface area contributed by atoms with Crippen molar-refractivity contribution in [3.63, 3.8) is 0 Å². The van der Waals surface area contributed by atoms with Gasteiger partial charge in [0.2, 0.25) is 0 Å². The van der Waals surface area contributed by atoms with Crippen LogP contribution in [0.1, 0.15) is 42.7 Å². The summed E-state index contributed by atoms with van der Waals surface area (Å²) in [5.74, 6) is 0.645. The minimum atomic E-state index is -0.889. The van der Waals surface area contributed by atoms with E-state index in [0.717, 1.165) is 36.8 Å². The van der Waals surface area contributed by atoms with E-state index < -0.39 is 5.97 Å². The van der Waals surface area contributed by atoms with E-state index in [4.69, 9.17) is 5.11 Å². The number of hydrogen-bond acceptors (Lipinski definition) is 3. The van der Waals surface area contributed by atoms with Gasteiger partial charge in [0.05, 0.1) is 5.56 Å². The van der Waals surface area contributed by atoms with Crippen LogP contribution in [0.3, 0.4) is 0 Å². The van der Waals surface area contributed by atoms with Crippen LogP contribution in [0.15, 0.2) is 12.1 Å². The van der Waals surface area contributed by atoms with Crippen LogP contribution >= 0.6 is 0 Å². The maximum absolute atomic E-state index is 11.1. The molecule has 2 unspecified atom stereocenters. The lowest BCUT2D eigenvalue weighted by Gasteiger charge is -2.37. The molecular weight excluding hydrogens is 228 g/mol. The highest BCUT2D eigenvalue weighted by Gasteiger charge is 2.24. The molecule has 1 N–H and O–H groups in total. The zero-order valence-corrected chi connectivity index (χ0v) is 11.2. The van der Waals surface area contributed by atoms with Gasteiger partial charge in [0.15, 0.2) is 0 Å². The maximum Gasteiger partial charge on any atom is 0.335 e. The highest BCUT2D eigenvalue weighted by atomic mass is 16.4. The van der Waals surface area contributed by atoms with Gasteiger partial charge in [-0.05, 0) is 44.7 Å². The Morgan fingerprint density at radius 2 is 2.17 bits per heavy atom. The van der Waals surface area contributed by atoms with Crippen molar-refractivity contribution in [2.75, 3.05) is 11.4 Å². The summed E-state index contributed by atoms with van der Waals surface area (Å²) < 4.78 is 0. The highest BCUT2D eigenvalue weighted by molar-refractivity contribution is 5.88. The van der Waals surface area contributed by atoms with Crippen LogP contribution < -0.4 is 4.90 Å². The molecule has 0 aliphatic carbocycles. The number of hydrogen-bond donors (Lipinski definition) is 1. The summed E-state index contributed by atoms with van der Waals surface area (Å²) in [6.07, 6.45) is 2.28. The number of carbonyl (C=O) groups is 1. The lowest BCUT2D eigenvalue weighted by Crippen LogP contribution is -2.40. The Balaban J connectivity index is 2.30. The number of aromatic nitrogens is 1. The number of piperidine rings is 1. The predicted molar refractivity (Wildman–Crippen MR) is 71.1 cm³/mol. The number of pyridine rings is 1. The molecule has 4 heteroatoms. The first-order valence-corrected chi connectivity index (χ1v) is 6.46. The molecule has 0 amide bonds. The number of carboxylic acid groups (broad SMARTS) is 1. The fourth-order valence-corrected chi connectivity index (χ4v) is 2.67. The number of carboxylic acids is 1. The van der Waals surface area contributed by atoms with Crippen molar-refractivity contribution in [2.24, 2.45) is 5.92 Å². The number of aryl methyl sites for hydroxylation is 1. The topological polar surface area (TPSA) is 53.4 Å². The molecular formula is C14H20N2O2. The molecule has 4 nitrogen and oxygen atoms in total. The Hall–Kier alpha value is -1.58. The van der Waals surface area contributed by atoms with Crippen molar-refractivity contribution in [1.82, 2.24) is 4.98 Å². The SMILES string of the molecule is Cc1cc(C(=O)O)cc(N2CCC(C)CC2C)n1. The van der Waals surface area contributed by atoms with E-state index in [1.807, 2.05) is 6.92 Å². The minimum Gasteiger partial charge on any atom is -0.478 e. The Morgan fingerprint density at radius 1 is 1.44 bits per heavy atom. The minimum absolute atomic E-state index is 0.323. The zero-order chi connectivity index (χ0) is 13.3. The molecule has 1 aliphatic heterocycles. The Morgan fingerprint density at radius 3 is 2.78 bits per heavy atom. The van der Waals surface area contributed by atoms with Crippen molar-refractivity contribution < 1.29 is 9.90 Å². The summed E-state index contributed by atoms with van der Waals surface area (Å²) in [5, 5.41) is 9.09. The molecule has 98 valence electrons. The van der Waals surface area contributed by atoms with Crippen molar-refractivity contribution >= 4 is 11.8 Å². The molecule has 1 aliphatic rings. The smallest absolute Gasteiger partial charge is 0.335 e. The third-order valence-corrected chi connectivity index (χ3v) is 3.62. The fraction of sp³-hybridized carbons (Fsp3) is 0.571. The molecule has 1 fully saturated rings. The average molecular weight is 248 g/mol. The van der Waals surface area contributed by atoms with Crippen LogP contribution in [0, 0.1) is 12.8 Å². The molecule has 0 saturated carbocycles. The van der Waals surface area contributed by atoms with Crippen LogP contribution in [0.25, 0.3) is 0 Å². The fourth-order valence-electron chi connectivity index (χ4n) is 2.67. The molecule has 18 heavy (non-hydrogen) atoms. The van der Waals surface area contributed by atoms with Gasteiger partial charge in [-0.1, -0.05) is 6.92 Å². The Kier molecular flexibility index (Phi) is 3.55. The monoisotopic (exact) mass is 248 g/mol. The number of anilines is 1. The summed E-state index contributed by atoms with van der Waals surface area (Å²) in [5.41, 5.74) is 1.08. The van der Waals surface area contributed by atoms with Gasteiger partial charge in [0.25, 0.3) is 0 Å². The summed E-state index contributed by atoms with van der Waals surface area (Å²) in [4.78, 5) is 17.8. The van der Waals surface area contributed by atoms with Gasteiger partial charge < -0.3 is 10.0 Å². The third kappa shape index (κ3) is 2.63. The van der Waals surface area contributed by atoms with E-state index in [-0.39, 0.29) is 0 Å². The number of aromatic carboxylic acids is 1. The van der Waals surface area contributed by atoms with Crippen LogP contribution in [0.5, 0.6) is 0 Å². The van der Waals surface area contributed by atoms with Crippen molar-refractivity contribution in [3.8, 4) is 0 Å². The summed E-state index contributed by atoms with van der Waals surface area (Å²) in [6.45, 7) is 7.24. The van der Waals surface area contributed by atoms with E-state index in [1.54, 1.807) is 12.1 Å². The summed E-state index contributed by atoms with van der Waals surface area (Å²) in [6, 6.07) is 3.72. The van der Waals surface area contributed by atoms with Crippen molar-refractivity contribution in [3.05, 3.63) is 23.4 Å². The van der Waals surface area contributed by atoms with Crippen molar-refractivity contribution in [2.45, 2.75) is 39.7 Å². The van der Waals surface area contributed by atoms with E-state index in [1.165, 1.54) is 0 Å². The molecule has 1 aromatic heterocycles. The molecule has 0 spiro atoms. The van der Waals surface area contributed by atoms with E-state index in [0.29, 0.717) is 11.6 Å². The number of nitrogens with zero attached hydrogens (tertiary/aromatic N) is 2.